The molecule has 2 aromatic rings. The first-order chi connectivity index (χ1) is 11.4. The van der Waals surface area contributed by atoms with E-state index in [1.165, 1.54) is 6.20 Å². The number of benzene rings is 1. The summed E-state index contributed by atoms with van der Waals surface area (Å²) < 4.78 is 33.5. The van der Waals surface area contributed by atoms with Crippen LogP contribution >= 0.6 is 0 Å². The molecular weight excluding hydrogens is 326 g/mol. The topological polar surface area (TPSA) is 84.2 Å². The first kappa shape index (κ1) is 17.1. The van der Waals surface area contributed by atoms with Gasteiger partial charge in [-0.3, -0.25) is 0 Å². The van der Waals surface area contributed by atoms with Crippen LogP contribution in [0.15, 0.2) is 45.9 Å². The average molecular weight is 349 g/mol. The maximum Gasteiger partial charge on any atom is 0.241 e. The van der Waals surface area contributed by atoms with E-state index in [1.807, 2.05) is 0 Å². The number of hydrogen-bond acceptors (Lipinski definition) is 5. The summed E-state index contributed by atoms with van der Waals surface area (Å²) >= 11 is 0. The number of nitrogens with one attached hydrogen (secondary N) is 2. The van der Waals surface area contributed by atoms with Crippen LogP contribution in [0.3, 0.4) is 0 Å². The third-order valence-corrected chi connectivity index (χ3v) is 6.17. The van der Waals surface area contributed by atoms with Crippen LogP contribution in [-0.2, 0) is 10.0 Å². The highest BCUT2D eigenvalue weighted by atomic mass is 32.2. The van der Waals surface area contributed by atoms with Gasteiger partial charge in [0.15, 0.2) is 5.76 Å². The molecule has 1 saturated heterocycles. The molecule has 2 heterocycles. The Morgan fingerprint density at radius 1 is 1.33 bits per heavy atom. The van der Waals surface area contributed by atoms with Crippen LogP contribution < -0.4 is 10.0 Å². The van der Waals surface area contributed by atoms with Gasteiger partial charge in [0.1, 0.15) is 0 Å². The molecule has 1 aromatic heterocycles. The van der Waals surface area contributed by atoms with E-state index in [0.29, 0.717) is 17.9 Å². The molecule has 1 aliphatic heterocycles. The van der Waals surface area contributed by atoms with Crippen molar-refractivity contribution in [1.29, 1.82) is 0 Å². The lowest BCUT2D eigenvalue weighted by Gasteiger charge is -2.39. The minimum absolute atomic E-state index is 0.0607. The summed E-state index contributed by atoms with van der Waals surface area (Å²) in [5.41, 5.74) is 0.573. The summed E-state index contributed by atoms with van der Waals surface area (Å²) in [6.07, 6.45) is 3.70. The molecule has 0 radical (unpaired) electrons. The Morgan fingerprint density at radius 3 is 2.83 bits per heavy atom. The molecular formula is C17H23N3O3S. The summed E-state index contributed by atoms with van der Waals surface area (Å²) in [6.45, 7) is 5.62. The predicted molar refractivity (Wildman–Crippen MR) is 91.9 cm³/mol. The Balaban J connectivity index is 1.82. The summed E-state index contributed by atoms with van der Waals surface area (Å²) in [5, 5.41) is 7.08. The maximum absolute atomic E-state index is 12.8. The normalized spacial score (nSPS) is 20.8. The summed E-state index contributed by atoms with van der Waals surface area (Å²) in [5.74, 6) is 0.437. The van der Waals surface area contributed by atoms with E-state index in [1.54, 1.807) is 30.3 Å². The molecule has 130 valence electrons. The number of sulfonamides is 1. The van der Waals surface area contributed by atoms with Crippen LogP contribution in [0.5, 0.6) is 0 Å². The molecule has 1 aromatic carbocycles. The number of piperidine rings is 1. The van der Waals surface area contributed by atoms with E-state index in [9.17, 15) is 8.42 Å². The smallest absolute Gasteiger partial charge is 0.241 e. The molecule has 0 aliphatic carbocycles. The molecule has 6 nitrogen and oxygen atoms in total. The van der Waals surface area contributed by atoms with Crippen molar-refractivity contribution in [2.75, 3.05) is 13.1 Å². The van der Waals surface area contributed by atoms with Crippen molar-refractivity contribution < 1.29 is 12.9 Å². The van der Waals surface area contributed by atoms with Crippen molar-refractivity contribution in [1.82, 2.24) is 15.2 Å². The van der Waals surface area contributed by atoms with Crippen LogP contribution in [0.4, 0.5) is 0 Å². The van der Waals surface area contributed by atoms with Gasteiger partial charge in [-0.05, 0) is 36.9 Å². The molecule has 0 amide bonds. The van der Waals surface area contributed by atoms with Crippen LogP contribution in [0, 0.1) is 5.41 Å². The van der Waals surface area contributed by atoms with Gasteiger partial charge in [-0.2, -0.15) is 0 Å². The van der Waals surface area contributed by atoms with Crippen molar-refractivity contribution >= 4 is 10.0 Å². The number of nitrogens with zero attached hydrogens (tertiary/aromatic N) is 1. The van der Waals surface area contributed by atoms with Gasteiger partial charge >= 0.3 is 0 Å². The zero-order valence-corrected chi connectivity index (χ0v) is 14.8. The Hall–Kier alpha value is -1.70. The van der Waals surface area contributed by atoms with E-state index >= 15 is 0 Å². The van der Waals surface area contributed by atoms with Gasteiger partial charge < -0.3 is 9.84 Å². The SMILES string of the molecule is CC1(C)CCCNC1CNS(=O)(=O)c1ccccc1-c1ccno1. The molecule has 0 spiro atoms. The highest BCUT2D eigenvalue weighted by molar-refractivity contribution is 7.89. The van der Waals surface area contributed by atoms with E-state index in [-0.39, 0.29) is 16.4 Å². The van der Waals surface area contributed by atoms with Crippen molar-refractivity contribution in [3.8, 4) is 11.3 Å². The fourth-order valence-electron chi connectivity index (χ4n) is 3.15. The number of hydrogen-bond donors (Lipinski definition) is 2. The first-order valence-electron chi connectivity index (χ1n) is 8.13. The predicted octanol–water partition coefficient (Wildman–Crippen LogP) is 2.40. The van der Waals surface area contributed by atoms with Crippen LogP contribution in [0.25, 0.3) is 11.3 Å². The average Bonchev–Trinajstić information content (AvgIpc) is 3.08. The van der Waals surface area contributed by atoms with Gasteiger partial charge in [0, 0.05) is 24.2 Å². The lowest BCUT2D eigenvalue weighted by atomic mass is 9.78. The molecule has 1 fully saturated rings. The van der Waals surface area contributed by atoms with Crippen molar-refractivity contribution in [2.45, 2.75) is 37.6 Å². The minimum atomic E-state index is -3.64. The lowest BCUT2D eigenvalue weighted by molar-refractivity contribution is 0.181. The van der Waals surface area contributed by atoms with E-state index in [4.69, 9.17) is 4.52 Å². The Morgan fingerprint density at radius 2 is 2.12 bits per heavy atom. The molecule has 7 heteroatoms. The van der Waals surface area contributed by atoms with Gasteiger partial charge in [0.2, 0.25) is 10.0 Å². The molecule has 1 unspecified atom stereocenters. The van der Waals surface area contributed by atoms with Gasteiger partial charge in [-0.1, -0.05) is 31.1 Å². The Bertz CT molecular complexity index is 785. The molecule has 0 bridgehead atoms. The quantitative estimate of drug-likeness (QED) is 0.866. The summed E-state index contributed by atoms with van der Waals surface area (Å²) in [7, 11) is -3.64. The fourth-order valence-corrected chi connectivity index (χ4v) is 4.41. The van der Waals surface area contributed by atoms with Crippen molar-refractivity contribution in [3.05, 3.63) is 36.5 Å². The second-order valence-electron chi connectivity index (χ2n) is 6.82. The van der Waals surface area contributed by atoms with Crippen molar-refractivity contribution in [3.63, 3.8) is 0 Å². The number of rotatable bonds is 5. The third-order valence-electron chi connectivity index (χ3n) is 4.69. The Kier molecular flexibility index (Phi) is 4.76. The fraction of sp³-hybridized carbons (Fsp3) is 0.471. The monoisotopic (exact) mass is 349 g/mol. The zero-order valence-electron chi connectivity index (χ0n) is 14.0. The van der Waals surface area contributed by atoms with Crippen LogP contribution in [-0.4, -0.2) is 32.7 Å². The highest BCUT2D eigenvalue weighted by Crippen LogP contribution is 2.30. The van der Waals surface area contributed by atoms with Gasteiger partial charge in [0.25, 0.3) is 0 Å². The third kappa shape index (κ3) is 3.53. The van der Waals surface area contributed by atoms with Crippen LogP contribution in [0.2, 0.25) is 0 Å². The lowest BCUT2D eigenvalue weighted by Crippen LogP contribution is -2.52. The maximum atomic E-state index is 12.8. The van der Waals surface area contributed by atoms with Crippen molar-refractivity contribution in [2.24, 2.45) is 5.41 Å². The second kappa shape index (κ2) is 6.66. The van der Waals surface area contributed by atoms with E-state index in [2.05, 4.69) is 29.0 Å². The van der Waals surface area contributed by atoms with E-state index < -0.39 is 10.0 Å². The minimum Gasteiger partial charge on any atom is -0.356 e. The summed E-state index contributed by atoms with van der Waals surface area (Å²) in [6, 6.07) is 8.55. The molecule has 3 rings (SSSR count). The number of aromatic nitrogens is 1. The zero-order chi connectivity index (χ0) is 17.2. The Labute approximate surface area is 142 Å². The first-order valence-corrected chi connectivity index (χ1v) is 9.62. The van der Waals surface area contributed by atoms with Gasteiger partial charge in [0.05, 0.1) is 11.1 Å². The standard InChI is InChI=1S/C17H23N3O3S/c1-17(2)9-5-10-18-16(17)12-20-24(21,22)15-7-4-3-6-13(15)14-8-11-19-23-14/h3-4,6-8,11,16,18,20H,5,9-10,12H2,1-2H3. The van der Waals surface area contributed by atoms with Gasteiger partial charge in [-0.25, -0.2) is 13.1 Å². The summed E-state index contributed by atoms with van der Waals surface area (Å²) in [4.78, 5) is 0.204. The largest absolute Gasteiger partial charge is 0.356 e. The molecule has 1 atom stereocenters. The van der Waals surface area contributed by atoms with Crippen LogP contribution in [0.1, 0.15) is 26.7 Å². The van der Waals surface area contributed by atoms with E-state index in [0.717, 1.165) is 19.4 Å². The highest BCUT2D eigenvalue weighted by Gasteiger charge is 2.33. The van der Waals surface area contributed by atoms with Gasteiger partial charge in [-0.15, -0.1) is 0 Å². The molecule has 2 N–H and O–H groups in total. The second-order valence-corrected chi connectivity index (χ2v) is 8.56. The molecule has 24 heavy (non-hydrogen) atoms. The molecule has 0 saturated carbocycles. The molecule has 1 aliphatic rings.